The largest absolute Gasteiger partial charge is 0.506 e. The zero-order chi connectivity index (χ0) is 12.4. The molecule has 0 fully saturated rings. The number of carboxylic acid groups (broad SMARTS) is 1. The third-order valence-electron chi connectivity index (χ3n) is 2.43. The summed E-state index contributed by atoms with van der Waals surface area (Å²) in [4.78, 5) is 14.9. The molecule has 0 amide bonds. The van der Waals surface area contributed by atoms with E-state index in [-0.39, 0.29) is 5.75 Å². The first-order valence-electron chi connectivity index (χ1n) is 5.16. The van der Waals surface area contributed by atoms with Crippen LogP contribution in [0, 0.1) is 0 Å². The number of phenols is 1. The predicted molar refractivity (Wildman–Crippen MR) is 64.1 cm³/mol. The zero-order valence-corrected chi connectivity index (χ0v) is 9.21. The van der Waals surface area contributed by atoms with Crippen molar-refractivity contribution in [2.75, 3.05) is 5.32 Å². The van der Waals surface area contributed by atoms with Gasteiger partial charge in [0.2, 0.25) is 0 Å². The van der Waals surface area contributed by atoms with Gasteiger partial charge in [0.15, 0.2) is 0 Å². The molecule has 1 unspecified atom stereocenters. The molecule has 0 aliphatic carbocycles. The van der Waals surface area contributed by atoms with Gasteiger partial charge in [0.1, 0.15) is 23.1 Å². The van der Waals surface area contributed by atoms with E-state index in [9.17, 15) is 9.90 Å². The van der Waals surface area contributed by atoms with Crippen molar-refractivity contribution in [3.8, 4) is 5.75 Å². The van der Waals surface area contributed by atoms with Gasteiger partial charge in [-0.15, -0.1) is 0 Å². The normalized spacial score (nSPS) is 12.3. The van der Waals surface area contributed by atoms with Crippen LogP contribution in [0.25, 0.3) is 10.9 Å². The minimum absolute atomic E-state index is 0.0779. The minimum atomic E-state index is -0.954. The summed E-state index contributed by atoms with van der Waals surface area (Å²) in [5, 5.41) is 21.9. The summed E-state index contributed by atoms with van der Waals surface area (Å²) in [6.07, 6.45) is 0. The third kappa shape index (κ3) is 2.28. The lowest BCUT2D eigenvalue weighted by atomic mass is 10.2. The van der Waals surface area contributed by atoms with Crippen LogP contribution in [0.4, 0.5) is 5.82 Å². The Morgan fingerprint density at radius 2 is 2.12 bits per heavy atom. The SMILES string of the molecule is CC(Nc1ccc2cccc(O)c2n1)C(=O)O. The molecule has 5 heteroatoms. The van der Waals surface area contributed by atoms with Crippen molar-refractivity contribution < 1.29 is 15.0 Å². The zero-order valence-electron chi connectivity index (χ0n) is 9.21. The second-order valence-corrected chi connectivity index (χ2v) is 3.75. The number of hydrogen-bond acceptors (Lipinski definition) is 4. The summed E-state index contributed by atoms with van der Waals surface area (Å²) in [6.45, 7) is 1.53. The molecule has 1 heterocycles. The van der Waals surface area contributed by atoms with Crippen LogP contribution in [0.15, 0.2) is 30.3 Å². The summed E-state index contributed by atoms with van der Waals surface area (Å²) in [7, 11) is 0. The molecule has 0 bridgehead atoms. The van der Waals surface area contributed by atoms with E-state index in [1.165, 1.54) is 6.92 Å². The van der Waals surface area contributed by atoms with Gasteiger partial charge in [-0.05, 0) is 25.1 Å². The molecule has 0 saturated carbocycles. The molecule has 5 nitrogen and oxygen atoms in total. The molecule has 3 N–H and O–H groups in total. The number of rotatable bonds is 3. The number of nitrogens with one attached hydrogen (secondary N) is 1. The number of anilines is 1. The second kappa shape index (κ2) is 4.29. The molecule has 0 aliphatic heterocycles. The van der Waals surface area contributed by atoms with E-state index in [0.29, 0.717) is 11.3 Å². The number of aromatic nitrogens is 1. The first-order valence-corrected chi connectivity index (χ1v) is 5.16. The van der Waals surface area contributed by atoms with E-state index in [1.54, 1.807) is 24.3 Å². The van der Waals surface area contributed by atoms with Gasteiger partial charge in [0.25, 0.3) is 0 Å². The molecule has 0 radical (unpaired) electrons. The first kappa shape index (κ1) is 11.2. The van der Waals surface area contributed by atoms with Gasteiger partial charge in [0.05, 0.1) is 0 Å². The lowest BCUT2D eigenvalue weighted by Crippen LogP contribution is -2.25. The lowest BCUT2D eigenvalue weighted by molar-refractivity contribution is -0.137. The number of carbonyl (C=O) groups is 1. The van der Waals surface area contributed by atoms with Crippen molar-refractivity contribution in [1.29, 1.82) is 0 Å². The Kier molecular flexibility index (Phi) is 2.82. The molecule has 17 heavy (non-hydrogen) atoms. The van der Waals surface area contributed by atoms with Gasteiger partial charge in [-0.3, -0.25) is 4.79 Å². The Balaban J connectivity index is 2.37. The maximum Gasteiger partial charge on any atom is 0.325 e. The molecule has 1 aromatic heterocycles. The molecule has 2 aromatic rings. The van der Waals surface area contributed by atoms with Crippen molar-refractivity contribution in [1.82, 2.24) is 4.98 Å². The number of nitrogens with zero attached hydrogens (tertiary/aromatic N) is 1. The van der Waals surface area contributed by atoms with Crippen LogP contribution in [0.5, 0.6) is 5.75 Å². The van der Waals surface area contributed by atoms with E-state index < -0.39 is 12.0 Å². The Morgan fingerprint density at radius 1 is 1.35 bits per heavy atom. The summed E-state index contributed by atoms with van der Waals surface area (Å²) in [5.74, 6) is -0.452. The van der Waals surface area contributed by atoms with Crippen molar-refractivity contribution >= 4 is 22.7 Å². The Hall–Kier alpha value is -2.30. The average molecular weight is 232 g/mol. The molecule has 1 aromatic carbocycles. The van der Waals surface area contributed by atoms with Crippen molar-refractivity contribution in [2.24, 2.45) is 0 Å². The molecular weight excluding hydrogens is 220 g/mol. The highest BCUT2D eigenvalue weighted by molar-refractivity contribution is 5.86. The van der Waals surface area contributed by atoms with Gasteiger partial charge >= 0.3 is 5.97 Å². The van der Waals surface area contributed by atoms with Gasteiger partial charge in [-0.25, -0.2) is 4.98 Å². The monoisotopic (exact) mass is 232 g/mol. The summed E-state index contributed by atoms with van der Waals surface area (Å²) >= 11 is 0. The number of benzene rings is 1. The number of hydrogen-bond donors (Lipinski definition) is 3. The maximum absolute atomic E-state index is 10.7. The third-order valence-corrected chi connectivity index (χ3v) is 2.43. The fourth-order valence-electron chi connectivity index (χ4n) is 1.50. The van der Waals surface area contributed by atoms with Crippen LogP contribution in [-0.4, -0.2) is 27.2 Å². The average Bonchev–Trinajstić information content (AvgIpc) is 2.30. The molecule has 88 valence electrons. The highest BCUT2D eigenvalue weighted by Gasteiger charge is 2.11. The van der Waals surface area contributed by atoms with Gasteiger partial charge in [0, 0.05) is 5.39 Å². The fraction of sp³-hybridized carbons (Fsp3) is 0.167. The quantitative estimate of drug-likeness (QED) is 0.752. The Labute approximate surface area is 97.7 Å². The van der Waals surface area contributed by atoms with E-state index in [0.717, 1.165) is 5.39 Å². The lowest BCUT2D eigenvalue weighted by Gasteiger charge is -2.10. The maximum atomic E-state index is 10.7. The number of fused-ring (bicyclic) bond motifs is 1. The fourth-order valence-corrected chi connectivity index (χ4v) is 1.50. The number of para-hydroxylation sites is 1. The molecule has 0 saturated heterocycles. The van der Waals surface area contributed by atoms with Gasteiger partial charge in [-0.2, -0.15) is 0 Å². The Bertz CT molecular complexity index is 569. The number of phenolic OH excluding ortho intramolecular Hbond substituents is 1. The number of pyridine rings is 1. The summed E-state index contributed by atoms with van der Waals surface area (Å²) in [6, 6.07) is 7.82. The number of aliphatic carboxylic acids is 1. The molecule has 2 rings (SSSR count). The van der Waals surface area contributed by atoms with Crippen LogP contribution in [0.1, 0.15) is 6.92 Å². The van der Waals surface area contributed by atoms with E-state index >= 15 is 0 Å². The predicted octanol–water partition coefficient (Wildman–Crippen LogP) is 1.83. The van der Waals surface area contributed by atoms with Crippen LogP contribution in [0.3, 0.4) is 0 Å². The topological polar surface area (TPSA) is 82.5 Å². The van der Waals surface area contributed by atoms with Crippen LogP contribution in [0.2, 0.25) is 0 Å². The van der Waals surface area contributed by atoms with E-state index in [4.69, 9.17) is 5.11 Å². The first-order chi connectivity index (χ1) is 8.08. The van der Waals surface area contributed by atoms with Gasteiger partial charge in [-0.1, -0.05) is 12.1 Å². The molecular formula is C12H12N2O3. The van der Waals surface area contributed by atoms with Crippen LogP contribution in [-0.2, 0) is 4.79 Å². The molecule has 0 aliphatic rings. The van der Waals surface area contributed by atoms with Crippen molar-refractivity contribution in [3.05, 3.63) is 30.3 Å². The molecule has 1 atom stereocenters. The van der Waals surface area contributed by atoms with Crippen molar-refractivity contribution in [2.45, 2.75) is 13.0 Å². The van der Waals surface area contributed by atoms with Crippen molar-refractivity contribution in [3.63, 3.8) is 0 Å². The van der Waals surface area contributed by atoms with Gasteiger partial charge < -0.3 is 15.5 Å². The van der Waals surface area contributed by atoms with Crippen LogP contribution < -0.4 is 5.32 Å². The summed E-state index contributed by atoms with van der Waals surface area (Å²) < 4.78 is 0. The molecule has 0 spiro atoms. The summed E-state index contributed by atoms with van der Waals surface area (Å²) in [5.41, 5.74) is 0.454. The highest BCUT2D eigenvalue weighted by Crippen LogP contribution is 2.23. The smallest absolute Gasteiger partial charge is 0.325 e. The number of carboxylic acids is 1. The highest BCUT2D eigenvalue weighted by atomic mass is 16.4. The Morgan fingerprint density at radius 3 is 2.82 bits per heavy atom. The van der Waals surface area contributed by atoms with E-state index in [2.05, 4.69) is 10.3 Å². The minimum Gasteiger partial charge on any atom is -0.506 e. The van der Waals surface area contributed by atoms with Crippen LogP contribution >= 0.6 is 0 Å². The second-order valence-electron chi connectivity index (χ2n) is 3.75. The van der Waals surface area contributed by atoms with E-state index in [1.807, 2.05) is 6.07 Å². The number of aromatic hydroxyl groups is 1. The standard InChI is InChI=1S/C12H12N2O3/c1-7(12(16)17)13-10-6-5-8-3-2-4-9(15)11(8)14-10/h2-7,15H,1H3,(H,13,14)(H,16,17).